The first-order valence-corrected chi connectivity index (χ1v) is 7.95. The fourth-order valence-corrected chi connectivity index (χ4v) is 2.84. The minimum Gasteiger partial charge on any atom is -0.329 e. The fraction of sp³-hybridized carbons (Fsp3) is 0.222. The lowest BCUT2D eigenvalue weighted by atomic mass is 9.98. The van der Waals surface area contributed by atoms with Crippen molar-refractivity contribution in [3.63, 3.8) is 0 Å². The highest BCUT2D eigenvalue weighted by Crippen LogP contribution is 2.34. The van der Waals surface area contributed by atoms with Gasteiger partial charge in [-0.2, -0.15) is 5.10 Å². The minimum atomic E-state index is -0.611. The average Bonchev–Trinajstić information content (AvgIpc) is 3.06. The highest BCUT2D eigenvalue weighted by atomic mass is 19.1. The van der Waals surface area contributed by atoms with Crippen LogP contribution in [0.25, 0.3) is 0 Å². The number of halogens is 1. The fourth-order valence-electron chi connectivity index (χ4n) is 2.84. The Morgan fingerprint density at radius 2 is 1.96 bits per heavy atom. The van der Waals surface area contributed by atoms with Crippen LogP contribution in [-0.2, 0) is 0 Å². The molecule has 1 unspecified atom stereocenters. The zero-order valence-corrected chi connectivity index (χ0v) is 14.3. The Morgan fingerprint density at radius 1 is 1.27 bits per heavy atom. The number of hydrogen-bond donors (Lipinski definition) is 0. The first kappa shape index (κ1) is 17.5. The second-order valence-corrected chi connectivity index (χ2v) is 6.12. The molecular weight excluding hydrogens is 339 g/mol. The van der Waals surface area contributed by atoms with Crippen LogP contribution in [0.15, 0.2) is 53.6 Å². The third kappa shape index (κ3) is 3.26. The second kappa shape index (κ2) is 6.91. The molecular formula is C18H17FN4O3. The van der Waals surface area contributed by atoms with Crippen molar-refractivity contribution in [3.05, 3.63) is 75.6 Å². The van der Waals surface area contributed by atoms with Gasteiger partial charge in [0.1, 0.15) is 5.82 Å². The van der Waals surface area contributed by atoms with Crippen LogP contribution in [0.3, 0.4) is 0 Å². The molecule has 0 spiro atoms. The van der Waals surface area contributed by atoms with Crippen LogP contribution in [0.2, 0.25) is 0 Å². The molecule has 1 aliphatic heterocycles. The van der Waals surface area contributed by atoms with Crippen LogP contribution in [0.5, 0.6) is 0 Å². The number of carbonyl (C=O) groups excluding carboxylic acids is 1. The summed E-state index contributed by atoms with van der Waals surface area (Å²) in [7, 11) is 3.21. The number of amides is 2. The number of urea groups is 1. The van der Waals surface area contributed by atoms with E-state index < -0.39 is 16.8 Å². The lowest BCUT2D eigenvalue weighted by Gasteiger charge is -2.25. The maximum Gasteiger partial charge on any atom is 0.340 e. The number of nitro groups is 1. The van der Waals surface area contributed by atoms with Gasteiger partial charge in [-0.05, 0) is 11.6 Å². The number of hydrazone groups is 1. The first-order chi connectivity index (χ1) is 12.4. The SMILES string of the molecule is CN(C)C(=O)N1N=C(c2cc([N+](=O)[O-])ccc2F)CC1c1ccccc1. The van der Waals surface area contributed by atoms with Gasteiger partial charge in [0.05, 0.1) is 16.7 Å². The van der Waals surface area contributed by atoms with E-state index in [1.165, 1.54) is 9.91 Å². The third-order valence-corrected chi connectivity index (χ3v) is 4.14. The molecule has 0 N–H and O–H groups in total. The van der Waals surface area contributed by atoms with Crippen molar-refractivity contribution in [2.45, 2.75) is 12.5 Å². The lowest BCUT2D eigenvalue weighted by molar-refractivity contribution is -0.384. The Labute approximate surface area is 149 Å². The molecule has 0 radical (unpaired) electrons. The Hall–Kier alpha value is -3.29. The third-order valence-electron chi connectivity index (χ3n) is 4.14. The number of carbonyl (C=O) groups is 1. The first-order valence-electron chi connectivity index (χ1n) is 7.95. The summed E-state index contributed by atoms with van der Waals surface area (Å²) in [5.41, 5.74) is 0.967. The molecule has 1 aliphatic rings. The number of benzene rings is 2. The van der Waals surface area contributed by atoms with E-state index in [0.717, 1.165) is 23.8 Å². The van der Waals surface area contributed by atoms with E-state index in [1.54, 1.807) is 14.1 Å². The van der Waals surface area contributed by atoms with Crippen molar-refractivity contribution < 1.29 is 14.1 Å². The van der Waals surface area contributed by atoms with Gasteiger partial charge < -0.3 is 4.90 Å². The van der Waals surface area contributed by atoms with Crippen molar-refractivity contribution in [1.29, 1.82) is 0 Å². The van der Waals surface area contributed by atoms with Gasteiger partial charge in [0.25, 0.3) is 5.69 Å². The zero-order chi connectivity index (χ0) is 18.8. The number of nitrogens with zero attached hydrogens (tertiary/aromatic N) is 4. The standard InChI is InChI=1S/C18H17FN4O3/c1-21(2)18(24)22-17(12-6-4-3-5-7-12)11-16(20-22)14-10-13(23(25)26)8-9-15(14)19/h3-10,17H,11H2,1-2H3. The molecule has 2 amide bonds. The Balaban J connectivity index is 2.04. The van der Waals surface area contributed by atoms with E-state index in [2.05, 4.69) is 5.10 Å². The van der Waals surface area contributed by atoms with Gasteiger partial charge in [0, 0.05) is 38.2 Å². The predicted molar refractivity (Wildman–Crippen MR) is 94.3 cm³/mol. The maximum absolute atomic E-state index is 14.3. The van der Waals surface area contributed by atoms with Crippen LogP contribution >= 0.6 is 0 Å². The van der Waals surface area contributed by atoms with Crippen molar-refractivity contribution >= 4 is 17.4 Å². The van der Waals surface area contributed by atoms with Crippen LogP contribution in [-0.4, -0.2) is 40.7 Å². The maximum atomic E-state index is 14.3. The average molecular weight is 356 g/mol. The molecule has 26 heavy (non-hydrogen) atoms. The predicted octanol–water partition coefficient (Wildman–Crippen LogP) is 3.57. The normalized spacial score (nSPS) is 16.3. The molecule has 0 saturated heterocycles. The monoisotopic (exact) mass is 356 g/mol. The summed E-state index contributed by atoms with van der Waals surface area (Å²) in [5.74, 6) is -0.611. The largest absolute Gasteiger partial charge is 0.340 e. The Kier molecular flexibility index (Phi) is 4.66. The van der Waals surface area contributed by atoms with E-state index in [0.29, 0.717) is 5.71 Å². The van der Waals surface area contributed by atoms with Gasteiger partial charge in [0.15, 0.2) is 0 Å². The summed E-state index contributed by atoms with van der Waals surface area (Å²) in [4.78, 5) is 24.3. The van der Waals surface area contributed by atoms with E-state index in [9.17, 15) is 19.3 Å². The summed E-state index contributed by atoms with van der Waals surface area (Å²) < 4.78 is 14.3. The zero-order valence-electron chi connectivity index (χ0n) is 14.3. The van der Waals surface area contributed by atoms with Gasteiger partial charge in [0.2, 0.25) is 0 Å². The smallest absolute Gasteiger partial charge is 0.329 e. The molecule has 3 rings (SSSR count). The second-order valence-electron chi connectivity index (χ2n) is 6.12. The number of nitro benzene ring substituents is 1. The highest BCUT2D eigenvalue weighted by Gasteiger charge is 2.35. The van der Waals surface area contributed by atoms with Crippen molar-refractivity contribution in [3.8, 4) is 0 Å². The summed E-state index contributed by atoms with van der Waals surface area (Å²) in [6.07, 6.45) is 0.266. The van der Waals surface area contributed by atoms with Crippen LogP contribution in [0.4, 0.5) is 14.9 Å². The minimum absolute atomic E-state index is 0.0363. The van der Waals surface area contributed by atoms with Crippen molar-refractivity contribution in [2.75, 3.05) is 14.1 Å². The molecule has 134 valence electrons. The van der Waals surface area contributed by atoms with Gasteiger partial charge in [-0.1, -0.05) is 30.3 Å². The van der Waals surface area contributed by atoms with E-state index in [-0.39, 0.29) is 23.7 Å². The number of rotatable bonds is 3. The molecule has 0 aromatic heterocycles. The Bertz CT molecular complexity index is 883. The molecule has 2 aromatic rings. The summed E-state index contributed by atoms with van der Waals surface area (Å²) >= 11 is 0. The van der Waals surface area contributed by atoms with E-state index >= 15 is 0 Å². The van der Waals surface area contributed by atoms with E-state index in [1.807, 2.05) is 30.3 Å². The van der Waals surface area contributed by atoms with Crippen molar-refractivity contribution in [2.24, 2.45) is 5.10 Å². The van der Waals surface area contributed by atoms with Crippen LogP contribution in [0, 0.1) is 15.9 Å². The number of non-ortho nitro benzene ring substituents is 1. The molecule has 0 bridgehead atoms. The van der Waals surface area contributed by atoms with Gasteiger partial charge in [-0.15, -0.1) is 0 Å². The van der Waals surface area contributed by atoms with Crippen LogP contribution < -0.4 is 0 Å². The van der Waals surface area contributed by atoms with Crippen molar-refractivity contribution in [1.82, 2.24) is 9.91 Å². The summed E-state index contributed by atoms with van der Waals surface area (Å²) in [6.45, 7) is 0. The molecule has 7 nitrogen and oxygen atoms in total. The number of hydrogen-bond acceptors (Lipinski definition) is 4. The molecule has 8 heteroatoms. The van der Waals surface area contributed by atoms with Gasteiger partial charge in [-0.3, -0.25) is 10.1 Å². The molecule has 0 saturated carbocycles. The van der Waals surface area contributed by atoms with Crippen LogP contribution in [0.1, 0.15) is 23.6 Å². The molecule has 0 fully saturated rings. The quantitative estimate of drug-likeness (QED) is 0.623. The molecule has 1 atom stereocenters. The lowest BCUT2D eigenvalue weighted by Crippen LogP contribution is -2.36. The molecule has 2 aromatic carbocycles. The van der Waals surface area contributed by atoms with Gasteiger partial charge in [-0.25, -0.2) is 14.2 Å². The summed E-state index contributed by atoms with van der Waals surface area (Å²) in [6, 6.07) is 11.8. The highest BCUT2D eigenvalue weighted by molar-refractivity contribution is 6.03. The Morgan fingerprint density at radius 3 is 2.58 bits per heavy atom. The van der Waals surface area contributed by atoms with E-state index in [4.69, 9.17) is 0 Å². The van der Waals surface area contributed by atoms with Gasteiger partial charge >= 0.3 is 6.03 Å². The molecule has 0 aliphatic carbocycles. The topological polar surface area (TPSA) is 79.0 Å². The molecule has 1 heterocycles. The summed E-state index contributed by atoms with van der Waals surface area (Å²) in [5, 5.41) is 16.6.